The van der Waals surface area contributed by atoms with Gasteiger partial charge in [0.25, 0.3) is 5.91 Å². The second-order valence-corrected chi connectivity index (χ2v) is 5.98. The molecule has 1 aliphatic heterocycles. The average molecular weight is 326 g/mol. The number of carbonyl (C=O) groups excluding carboxylic acids is 2. The third-order valence-electron chi connectivity index (χ3n) is 4.33. The summed E-state index contributed by atoms with van der Waals surface area (Å²) in [7, 11) is 0. The van der Waals surface area contributed by atoms with E-state index in [1.54, 1.807) is 17.9 Å². The zero-order chi connectivity index (χ0) is 17.3. The molecule has 1 aliphatic rings. The summed E-state index contributed by atoms with van der Waals surface area (Å²) in [6.07, 6.45) is 0. The second-order valence-electron chi connectivity index (χ2n) is 5.98. The smallest absolute Gasteiger partial charge is 0.257 e. The SMILES string of the molecule is Cc1cccc(N2CCN(C(=O)c3ccccc3F)[C@H](C)C2=O)c1. The molecule has 1 saturated heterocycles. The first kappa shape index (κ1) is 16.2. The van der Waals surface area contributed by atoms with Crippen LogP contribution in [-0.2, 0) is 4.79 Å². The predicted octanol–water partition coefficient (Wildman–Crippen LogP) is 3.01. The first-order chi connectivity index (χ1) is 11.5. The maximum atomic E-state index is 13.9. The number of hydrogen-bond donors (Lipinski definition) is 0. The maximum absolute atomic E-state index is 13.9. The predicted molar refractivity (Wildman–Crippen MR) is 90.4 cm³/mol. The number of piperazine rings is 1. The van der Waals surface area contributed by atoms with Crippen molar-refractivity contribution in [1.82, 2.24) is 4.90 Å². The van der Waals surface area contributed by atoms with Gasteiger partial charge in [-0.1, -0.05) is 24.3 Å². The van der Waals surface area contributed by atoms with Crippen molar-refractivity contribution >= 4 is 17.5 Å². The molecule has 1 atom stereocenters. The van der Waals surface area contributed by atoms with Crippen LogP contribution in [0, 0.1) is 12.7 Å². The normalized spacial score (nSPS) is 18.0. The molecule has 0 radical (unpaired) electrons. The van der Waals surface area contributed by atoms with Gasteiger partial charge in [-0.15, -0.1) is 0 Å². The van der Waals surface area contributed by atoms with Gasteiger partial charge in [0, 0.05) is 18.8 Å². The number of carbonyl (C=O) groups is 2. The van der Waals surface area contributed by atoms with Crippen LogP contribution in [0.3, 0.4) is 0 Å². The summed E-state index contributed by atoms with van der Waals surface area (Å²) in [5.41, 5.74) is 1.89. The standard InChI is InChI=1S/C19H19FN2O2/c1-13-6-5-7-15(12-13)22-11-10-21(14(2)18(22)23)19(24)16-8-3-4-9-17(16)20/h3-9,12,14H,10-11H2,1-2H3/t14-/m1/s1. The Morgan fingerprint density at radius 3 is 2.58 bits per heavy atom. The molecule has 2 aromatic rings. The van der Waals surface area contributed by atoms with Crippen LogP contribution in [0.2, 0.25) is 0 Å². The molecule has 4 nitrogen and oxygen atoms in total. The lowest BCUT2D eigenvalue weighted by Crippen LogP contribution is -2.57. The van der Waals surface area contributed by atoms with Crippen LogP contribution in [0.25, 0.3) is 0 Å². The Morgan fingerprint density at radius 1 is 1.12 bits per heavy atom. The van der Waals surface area contributed by atoms with Crippen molar-refractivity contribution < 1.29 is 14.0 Å². The topological polar surface area (TPSA) is 40.6 Å². The van der Waals surface area contributed by atoms with E-state index in [1.165, 1.54) is 23.1 Å². The van der Waals surface area contributed by atoms with Crippen molar-refractivity contribution in [3.63, 3.8) is 0 Å². The largest absolute Gasteiger partial charge is 0.325 e. The third-order valence-corrected chi connectivity index (χ3v) is 4.33. The summed E-state index contributed by atoms with van der Waals surface area (Å²) in [5, 5.41) is 0. The monoisotopic (exact) mass is 326 g/mol. The zero-order valence-electron chi connectivity index (χ0n) is 13.7. The van der Waals surface area contributed by atoms with Crippen LogP contribution in [0.15, 0.2) is 48.5 Å². The van der Waals surface area contributed by atoms with E-state index in [9.17, 15) is 14.0 Å². The lowest BCUT2D eigenvalue weighted by molar-refractivity contribution is -0.124. The van der Waals surface area contributed by atoms with Crippen LogP contribution in [0.5, 0.6) is 0 Å². The molecule has 24 heavy (non-hydrogen) atoms. The van der Waals surface area contributed by atoms with Gasteiger partial charge in [0.2, 0.25) is 5.91 Å². The van der Waals surface area contributed by atoms with Gasteiger partial charge in [0.1, 0.15) is 11.9 Å². The quantitative estimate of drug-likeness (QED) is 0.851. The highest BCUT2D eigenvalue weighted by atomic mass is 19.1. The van der Waals surface area contributed by atoms with Gasteiger partial charge in [-0.2, -0.15) is 0 Å². The van der Waals surface area contributed by atoms with Crippen LogP contribution in [-0.4, -0.2) is 35.8 Å². The number of nitrogens with zero attached hydrogens (tertiary/aromatic N) is 2. The third kappa shape index (κ3) is 2.89. The molecular formula is C19H19FN2O2. The summed E-state index contributed by atoms with van der Waals surface area (Å²) in [4.78, 5) is 28.4. The Balaban J connectivity index is 1.83. The molecule has 0 bridgehead atoms. The highest BCUT2D eigenvalue weighted by Gasteiger charge is 2.35. The van der Waals surface area contributed by atoms with E-state index in [0.29, 0.717) is 13.1 Å². The zero-order valence-corrected chi connectivity index (χ0v) is 13.7. The van der Waals surface area contributed by atoms with E-state index in [1.807, 2.05) is 31.2 Å². The van der Waals surface area contributed by atoms with Crippen LogP contribution in [0.4, 0.5) is 10.1 Å². The minimum absolute atomic E-state index is 0.00107. The molecule has 0 aliphatic carbocycles. The van der Waals surface area contributed by atoms with E-state index in [0.717, 1.165) is 11.3 Å². The van der Waals surface area contributed by atoms with E-state index < -0.39 is 17.8 Å². The van der Waals surface area contributed by atoms with Gasteiger partial charge in [0.05, 0.1) is 5.56 Å². The van der Waals surface area contributed by atoms with Crippen molar-refractivity contribution in [3.05, 3.63) is 65.5 Å². The summed E-state index contributed by atoms with van der Waals surface area (Å²) in [5.74, 6) is -1.17. The number of hydrogen-bond acceptors (Lipinski definition) is 2. The van der Waals surface area contributed by atoms with E-state index in [4.69, 9.17) is 0 Å². The molecule has 0 unspecified atom stereocenters. The highest BCUT2D eigenvalue weighted by Crippen LogP contribution is 2.23. The van der Waals surface area contributed by atoms with Gasteiger partial charge < -0.3 is 9.80 Å². The van der Waals surface area contributed by atoms with Crippen LogP contribution < -0.4 is 4.90 Å². The molecule has 1 fully saturated rings. The Hall–Kier alpha value is -2.69. The molecule has 1 heterocycles. The molecule has 0 spiro atoms. The lowest BCUT2D eigenvalue weighted by atomic mass is 10.1. The van der Waals surface area contributed by atoms with Crippen LogP contribution in [0.1, 0.15) is 22.8 Å². The number of amides is 2. The number of rotatable bonds is 2. The number of aryl methyl sites for hydroxylation is 1. The first-order valence-corrected chi connectivity index (χ1v) is 7.92. The minimum atomic E-state index is -0.633. The fourth-order valence-electron chi connectivity index (χ4n) is 2.99. The van der Waals surface area contributed by atoms with Crippen LogP contribution >= 0.6 is 0 Å². The molecule has 0 N–H and O–H groups in total. The molecule has 3 rings (SSSR count). The maximum Gasteiger partial charge on any atom is 0.257 e. The van der Waals surface area contributed by atoms with E-state index in [2.05, 4.69) is 0 Å². The highest BCUT2D eigenvalue weighted by molar-refractivity contribution is 6.03. The minimum Gasteiger partial charge on any atom is -0.325 e. The molecule has 2 aromatic carbocycles. The summed E-state index contributed by atoms with van der Waals surface area (Å²) in [6, 6.07) is 12.9. The van der Waals surface area contributed by atoms with Gasteiger partial charge >= 0.3 is 0 Å². The molecule has 124 valence electrons. The first-order valence-electron chi connectivity index (χ1n) is 7.92. The van der Waals surface area contributed by atoms with Crippen molar-refractivity contribution in [1.29, 1.82) is 0 Å². The Morgan fingerprint density at radius 2 is 1.88 bits per heavy atom. The van der Waals surface area contributed by atoms with Crippen molar-refractivity contribution in [3.8, 4) is 0 Å². The fourth-order valence-corrected chi connectivity index (χ4v) is 2.99. The van der Waals surface area contributed by atoms with E-state index in [-0.39, 0.29) is 11.5 Å². The summed E-state index contributed by atoms with van der Waals surface area (Å²) >= 11 is 0. The molecule has 0 saturated carbocycles. The second kappa shape index (κ2) is 6.43. The van der Waals surface area contributed by atoms with Gasteiger partial charge in [0.15, 0.2) is 0 Å². The molecule has 2 amide bonds. The fraction of sp³-hybridized carbons (Fsp3) is 0.263. The summed E-state index contributed by atoms with van der Waals surface area (Å²) < 4.78 is 13.9. The van der Waals surface area contributed by atoms with Crippen molar-refractivity contribution in [2.45, 2.75) is 19.9 Å². The summed E-state index contributed by atoms with van der Waals surface area (Å²) in [6.45, 7) is 4.42. The number of anilines is 1. The number of halogens is 1. The molecule has 0 aromatic heterocycles. The molecule has 5 heteroatoms. The Labute approximate surface area is 140 Å². The van der Waals surface area contributed by atoms with E-state index >= 15 is 0 Å². The van der Waals surface area contributed by atoms with Gasteiger partial charge in [-0.25, -0.2) is 4.39 Å². The lowest BCUT2D eigenvalue weighted by Gasteiger charge is -2.39. The van der Waals surface area contributed by atoms with Crippen molar-refractivity contribution in [2.24, 2.45) is 0 Å². The Kier molecular flexibility index (Phi) is 4.34. The van der Waals surface area contributed by atoms with Crippen molar-refractivity contribution in [2.75, 3.05) is 18.0 Å². The number of benzene rings is 2. The Bertz CT molecular complexity index is 790. The molecular weight excluding hydrogens is 307 g/mol. The van der Waals surface area contributed by atoms with Gasteiger partial charge in [-0.3, -0.25) is 9.59 Å². The average Bonchev–Trinajstić information content (AvgIpc) is 2.57. The van der Waals surface area contributed by atoms with Gasteiger partial charge in [-0.05, 0) is 43.7 Å².